The van der Waals surface area contributed by atoms with Gasteiger partial charge in [-0.3, -0.25) is 14.5 Å². The van der Waals surface area contributed by atoms with Crippen molar-refractivity contribution in [3.63, 3.8) is 0 Å². The first kappa shape index (κ1) is 28.6. The molecule has 4 aromatic heterocycles. The van der Waals surface area contributed by atoms with E-state index in [-0.39, 0.29) is 5.41 Å². The summed E-state index contributed by atoms with van der Waals surface area (Å²) in [5.74, 6) is 0.888. The molecule has 0 bridgehead atoms. The molecule has 0 aliphatic heterocycles. The van der Waals surface area contributed by atoms with Gasteiger partial charge in [-0.2, -0.15) is 0 Å². The Morgan fingerprint density at radius 3 is 1.90 bits per heavy atom. The molecular weight excluding hydrogens is 609 g/mol. The Balaban J connectivity index is 1.13. The lowest BCUT2D eigenvalue weighted by molar-refractivity contribution is 0.661. The maximum absolute atomic E-state index is 5.12. The summed E-state index contributed by atoms with van der Waals surface area (Å²) in [6.07, 6.45) is 5.66. The highest BCUT2D eigenvalue weighted by atomic mass is 15.1. The van der Waals surface area contributed by atoms with Gasteiger partial charge in [0.15, 0.2) is 0 Å². The maximum Gasteiger partial charge on any atom is 0.137 e. The van der Waals surface area contributed by atoms with E-state index in [9.17, 15) is 0 Å². The molecular formula is C46H32N4. The molecule has 9 aromatic rings. The van der Waals surface area contributed by atoms with E-state index in [4.69, 9.17) is 4.98 Å². The standard InChI is InChI=1S/C46H32N4/c1-46(2)38-13-5-3-11-34(38)37-26-29-17-19-43-45(36(29)27-39(37)46)35-12-4-6-16-42(35)50(43)44-20-18-30(28-49-44)31-23-32(40-14-7-9-21-47-40)25-33(24-31)41-15-8-10-22-48-41/h3-28H,1-2H3. The van der Waals surface area contributed by atoms with E-state index in [2.05, 4.69) is 132 Å². The van der Waals surface area contributed by atoms with Crippen molar-refractivity contribution in [3.8, 4) is 50.6 Å². The summed E-state index contributed by atoms with van der Waals surface area (Å²) in [4.78, 5) is 14.4. The van der Waals surface area contributed by atoms with Gasteiger partial charge in [0.1, 0.15) is 5.82 Å². The molecule has 1 aliphatic rings. The second-order valence-corrected chi connectivity index (χ2v) is 13.7. The molecule has 0 N–H and O–H groups in total. The SMILES string of the molecule is CC1(C)c2ccccc2-c2cc3ccc4c(c3cc21)c1ccccc1n4-c1ccc(-c2cc(-c3ccccn3)cc(-c3ccccn3)c2)cn1. The van der Waals surface area contributed by atoms with E-state index >= 15 is 0 Å². The number of benzene rings is 5. The van der Waals surface area contributed by atoms with Crippen LogP contribution < -0.4 is 0 Å². The number of rotatable bonds is 4. The molecule has 4 nitrogen and oxygen atoms in total. The van der Waals surface area contributed by atoms with Crippen LogP contribution >= 0.6 is 0 Å². The molecule has 4 heterocycles. The molecule has 5 aromatic carbocycles. The lowest BCUT2D eigenvalue weighted by Gasteiger charge is -2.21. The molecule has 0 saturated heterocycles. The van der Waals surface area contributed by atoms with Gasteiger partial charge >= 0.3 is 0 Å². The Kier molecular flexibility index (Phi) is 6.19. The Hall–Kier alpha value is -6.39. The highest BCUT2D eigenvalue weighted by Crippen LogP contribution is 2.51. The predicted octanol–water partition coefficient (Wildman–Crippen LogP) is 11.4. The van der Waals surface area contributed by atoms with Crippen LogP contribution in [0.4, 0.5) is 0 Å². The molecule has 0 atom stereocenters. The fraction of sp³-hybridized carbons (Fsp3) is 0.0652. The summed E-state index contributed by atoms with van der Waals surface area (Å²) in [5.41, 5.74) is 13.7. The number of nitrogens with zero attached hydrogens (tertiary/aromatic N) is 4. The van der Waals surface area contributed by atoms with Crippen LogP contribution in [0.25, 0.3) is 83.2 Å². The fourth-order valence-corrected chi connectivity index (χ4v) is 8.08. The van der Waals surface area contributed by atoms with Crippen LogP contribution in [0.5, 0.6) is 0 Å². The second-order valence-electron chi connectivity index (χ2n) is 13.7. The Morgan fingerprint density at radius 1 is 0.480 bits per heavy atom. The van der Waals surface area contributed by atoms with Crippen molar-refractivity contribution in [2.45, 2.75) is 19.3 Å². The van der Waals surface area contributed by atoms with Crippen molar-refractivity contribution >= 4 is 32.6 Å². The summed E-state index contributed by atoms with van der Waals surface area (Å²) in [6, 6.07) is 49.8. The van der Waals surface area contributed by atoms with E-state index in [1.54, 1.807) is 0 Å². The first-order chi connectivity index (χ1) is 24.5. The minimum Gasteiger partial charge on any atom is -0.294 e. The van der Waals surface area contributed by atoms with Crippen LogP contribution in [-0.4, -0.2) is 19.5 Å². The lowest BCUT2D eigenvalue weighted by Crippen LogP contribution is -2.14. The largest absolute Gasteiger partial charge is 0.294 e. The highest BCUT2D eigenvalue weighted by Gasteiger charge is 2.35. The molecule has 0 saturated carbocycles. The van der Waals surface area contributed by atoms with Crippen molar-refractivity contribution in [1.29, 1.82) is 0 Å². The van der Waals surface area contributed by atoms with Crippen molar-refractivity contribution < 1.29 is 0 Å². The zero-order chi connectivity index (χ0) is 33.4. The molecule has 10 rings (SSSR count). The zero-order valence-electron chi connectivity index (χ0n) is 27.8. The van der Waals surface area contributed by atoms with E-state index in [0.717, 1.165) is 50.5 Å². The molecule has 0 unspecified atom stereocenters. The zero-order valence-corrected chi connectivity index (χ0v) is 27.8. The summed E-state index contributed by atoms with van der Waals surface area (Å²) in [6.45, 7) is 4.70. The monoisotopic (exact) mass is 640 g/mol. The quantitative estimate of drug-likeness (QED) is 0.192. The third-order valence-corrected chi connectivity index (χ3v) is 10.5. The normalized spacial score (nSPS) is 13.2. The van der Waals surface area contributed by atoms with Crippen LogP contribution in [0, 0.1) is 0 Å². The molecule has 0 fully saturated rings. The van der Waals surface area contributed by atoms with Gasteiger partial charge < -0.3 is 0 Å². The number of pyridine rings is 3. The number of para-hydroxylation sites is 1. The topological polar surface area (TPSA) is 43.6 Å². The summed E-state index contributed by atoms with van der Waals surface area (Å²) >= 11 is 0. The molecule has 0 spiro atoms. The van der Waals surface area contributed by atoms with Crippen LogP contribution in [-0.2, 0) is 5.41 Å². The van der Waals surface area contributed by atoms with Gasteiger partial charge in [-0.1, -0.05) is 74.5 Å². The predicted molar refractivity (Wildman–Crippen MR) is 206 cm³/mol. The number of fused-ring (bicyclic) bond motifs is 8. The first-order valence-electron chi connectivity index (χ1n) is 17.1. The molecule has 1 aliphatic carbocycles. The molecule has 0 radical (unpaired) electrons. The van der Waals surface area contributed by atoms with Gasteiger partial charge in [-0.15, -0.1) is 0 Å². The van der Waals surface area contributed by atoms with Gasteiger partial charge in [-0.05, 0) is 117 Å². The van der Waals surface area contributed by atoms with E-state index in [1.807, 2.05) is 55.0 Å². The van der Waals surface area contributed by atoms with E-state index < -0.39 is 0 Å². The average molecular weight is 641 g/mol. The maximum atomic E-state index is 5.12. The number of hydrogen-bond donors (Lipinski definition) is 0. The van der Waals surface area contributed by atoms with Crippen molar-refractivity contribution in [2.75, 3.05) is 0 Å². The van der Waals surface area contributed by atoms with Crippen LogP contribution in [0.3, 0.4) is 0 Å². The summed E-state index contributed by atoms with van der Waals surface area (Å²) < 4.78 is 2.31. The molecule has 236 valence electrons. The number of aromatic nitrogens is 4. The van der Waals surface area contributed by atoms with Crippen LogP contribution in [0.1, 0.15) is 25.0 Å². The minimum absolute atomic E-state index is 0.0671. The van der Waals surface area contributed by atoms with Gasteiger partial charge in [0.2, 0.25) is 0 Å². The second kappa shape index (κ2) is 10.8. The average Bonchev–Trinajstić information content (AvgIpc) is 3.63. The van der Waals surface area contributed by atoms with Gasteiger partial charge in [0.05, 0.1) is 22.4 Å². The number of hydrogen-bond acceptors (Lipinski definition) is 3. The fourth-order valence-electron chi connectivity index (χ4n) is 8.08. The molecule has 50 heavy (non-hydrogen) atoms. The third-order valence-electron chi connectivity index (χ3n) is 10.5. The van der Waals surface area contributed by atoms with Crippen molar-refractivity contribution in [1.82, 2.24) is 19.5 Å². The van der Waals surface area contributed by atoms with Crippen molar-refractivity contribution in [2.24, 2.45) is 0 Å². The van der Waals surface area contributed by atoms with Gasteiger partial charge in [-0.25, -0.2) is 4.98 Å². The lowest BCUT2D eigenvalue weighted by atomic mass is 9.81. The molecule has 4 heteroatoms. The summed E-state index contributed by atoms with van der Waals surface area (Å²) in [5, 5.41) is 5.03. The Labute approximate surface area is 290 Å². The van der Waals surface area contributed by atoms with E-state index in [0.29, 0.717) is 0 Å². The highest BCUT2D eigenvalue weighted by molar-refractivity contribution is 6.22. The van der Waals surface area contributed by atoms with Gasteiger partial charge in [0.25, 0.3) is 0 Å². The van der Waals surface area contributed by atoms with Crippen LogP contribution in [0.15, 0.2) is 158 Å². The van der Waals surface area contributed by atoms with Crippen LogP contribution in [0.2, 0.25) is 0 Å². The van der Waals surface area contributed by atoms with Crippen molar-refractivity contribution in [3.05, 3.63) is 169 Å². The third kappa shape index (κ3) is 4.28. The Bertz CT molecular complexity index is 2700. The summed E-state index contributed by atoms with van der Waals surface area (Å²) in [7, 11) is 0. The Morgan fingerprint density at radius 2 is 1.18 bits per heavy atom. The van der Waals surface area contributed by atoms with Gasteiger partial charge in [0, 0.05) is 51.5 Å². The van der Waals surface area contributed by atoms with E-state index in [1.165, 1.54) is 43.8 Å². The smallest absolute Gasteiger partial charge is 0.137 e. The minimum atomic E-state index is -0.0671. The first-order valence-corrected chi connectivity index (χ1v) is 17.1. The molecule has 0 amide bonds.